The molecule has 82 valence electrons. The van der Waals surface area contributed by atoms with Crippen LogP contribution in [0, 0.1) is 25.7 Å². The van der Waals surface area contributed by atoms with Crippen molar-refractivity contribution < 1.29 is 0 Å². The number of nitrogens with one attached hydrogen (secondary N) is 1. The van der Waals surface area contributed by atoms with Crippen LogP contribution < -0.4 is 5.32 Å². The second-order valence-electron chi connectivity index (χ2n) is 5.20. The standard InChI is InChI=1S/C14H21N/c1-9(2)12-7-13-11(4)5-10(3)6-14(13)15-8-12/h5-6,9,12,15H,7-8H2,1-4H3. The molecule has 1 aliphatic rings. The molecule has 0 saturated heterocycles. The molecule has 0 spiro atoms. The van der Waals surface area contributed by atoms with E-state index in [4.69, 9.17) is 0 Å². The molecule has 1 heteroatoms. The molecule has 1 aliphatic heterocycles. The predicted octanol–water partition coefficient (Wildman–Crippen LogP) is 3.54. The molecule has 1 atom stereocenters. The van der Waals surface area contributed by atoms with E-state index in [0.717, 1.165) is 18.4 Å². The molecular formula is C14H21N. The molecule has 0 saturated carbocycles. The summed E-state index contributed by atoms with van der Waals surface area (Å²) in [4.78, 5) is 0. The Balaban J connectivity index is 2.33. The Kier molecular flexibility index (Phi) is 2.72. The zero-order chi connectivity index (χ0) is 11.0. The molecule has 0 aliphatic carbocycles. The SMILES string of the molecule is Cc1cc(C)c2c(c1)NCC(C(C)C)C2. The molecule has 1 aromatic rings. The number of aryl methyl sites for hydroxylation is 2. The smallest absolute Gasteiger partial charge is 0.0378 e. The van der Waals surface area contributed by atoms with Gasteiger partial charge in [-0.15, -0.1) is 0 Å². The summed E-state index contributed by atoms with van der Waals surface area (Å²) in [5.41, 5.74) is 5.71. The minimum absolute atomic E-state index is 0.770. The monoisotopic (exact) mass is 203 g/mol. The molecule has 1 unspecified atom stereocenters. The lowest BCUT2D eigenvalue weighted by atomic mass is 9.84. The van der Waals surface area contributed by atoms with Crippen LogP contribution in [0.1, 0.15) is 30.5 Å². The van der Waals surface area contributed by atoms with E-state index in [2.05, 4.69) is 45.1 Å². The van der Waals surface area contributed by atoms with Gasteiger partial charge in [0.2, 0.25) is 0 Å². The summed E-state index contributed by atoms with van der Waals surface area (Å²) in [6.07, 6.45) is 1.24. The zero-order valence-corrected chi connectivity index (χ0v) is 10.2. The average Bonchev–Trinajstić information content (AvgIpc) is 2.16. The van der Waals surface area contributed by atoms with Gasteiger partial charge in [0, 0.05) is 12.2 Å². The lowest BCUT2D eigenvalue weighted by molar-refractivity contribution is 0.393. The molecule has 0 aromatic heterocycles. The second-order valence-corrected chi connectivity index (χ2v) is 5.20. The highest BCUT2D eigenvalue weighted by Gasteiger charge is 2.21. The normalized spacial score (nSPS) is 19.9. The van der Waals surface area contributed by atoms with Gasteiger partial charge in [0.05, 0.1) is 0 Å². The summed E-state index contributed by atoms with van der Waals surface area (Å²) in [5.74, 6) is 1.56. The van der Waals surface area contributed by atoms with Gasteiger partial charge in [-0.1, -0.05) is 19.9 Å². The Bertz CT molecular complexity index is 366. The van der Waals surface area contributed by atoms with Gasteiger partial charge >= 0.3 is 0 Å². The van der Waals surface area contributed by atoms with Gasteiger partial charge in [-0.2, -0.15) is 0 Å². The maximum atomic E-state index is 3.58. The molecule has 1 aromatic carbocycles. The second kappa shape index (κ2) is 3.88. The van der Waals surface area contributed by atoms with Crippen LogP contribution >= 0.6 is 0 Å². The van der Waals surface area contributed by atoms with Crippen molar-refractivity contribution in [2.45, 2.75) is 34.1 Å². The van der Waals surface area contributed by atoms with Crippen molar-refractivity contribution in [1.82, 2.24) is 0 Å². The Hall–Kier alpha value is -0.980. The Morgan fingerprint density at radius 2 is 2.00 bits per heavy atom. The molecular weight excluding hydrogens is 182 g/mol. The van der Waals surface area contributed by atoms with Crippen molar-refractivity contribution in [3.05, 3.63) is 28.8 Å². The lowest BCUT2D eigenvalue weighted by Crippen LogP contribution is -2.27. The molecule has 1 N–H and O–H groups in total. The molecule has 2 rings (SSSR count). The fourth-order valence-corrected chi connectivity index (χ4v) is 2.47. The first-order chi connectivity index (χ1) is 7.08. The third-order valence-electron chi connectivity index (χ3n) is 3.58. The van der Waals surface area contributed by atoms with Gasteiger partial charge in [0.15, 0.2) is 0 Å². The molecule has 0 fully saturated rings. The van der Waals surface area contributed by atoms with E-state index >= 15 is 0 Å². The van der Waals surface area contributed by atoms with Crippen LogP contribution in [0.2, 0.25) is 0 Å². The Morgan fingerprint density at radius 1 is 1.27 bits per heavy atom. The Labute approximate surface area is 92.9 Å². The van der Waals surface area contributed by atoms with Crippen LogP contribution in [0.15, 0.2) is 12.1 Å². The van der Waals surface area contributed by atoms with E-state index in [-0.39, 0.29) is 0 Å². The number of hydrogen-bond acceptors (Lipinski definition) is 1. The summed E-state index contributed by atoms with van der Waals surface area (Å²) in [6, 6.07) is 4.57. The van der Waals surface area contributed by atoms with Gasteiger partial charge in [-0.05, 0) is 54.9 Å². The number of rotatable bonds is 1. The van der Waals surface area contributed by atoms with Crippen LogP contribution in [-0.4, -0.2) is 6.54 Å². The van der Waals surface area contributed by atoms with E-state index in [1.165, 1.54) is 28.8 Å². The van der Waals surface area contributed by atoms with E-state index in [9.17, 15) is 0 Å². The molecule has 1 heterocycles. The topological polar surface area (TPSA) is 12.0 Å². The van der Waals surface area contributed by atoms with Crippen LogP contribution in [0.5, 0.6) is 0 Å². The fourth-order valence-electron chi connectivity index (χ4n) is 2.47. The Morgan fingerprint density at radius 3 is 2.67 bits per heavy atom. The quantitative estimate of drug-likeness (QED) is 0.736. The lowest BCUT2D eigenvalue weighted by Gasteiger charge is -2.30. The largest absolute Gasteiger partial charge is 0.385 e. The van der Waals surface area contributed by atoms with Gasteiger partial charge < -0.3 is 5.32 Å². The van der Waals surface area contributed by atoms with Crippen LogP contribution in [0.25, 0.3) is 0 Å². The van der Waals surface area contributed by atoms with Crippen LogP contribution in [-0.2, 0) is 6.42 Å². The van der Waals surface area contributed by atoms with Crippen molar-refractivity contribution >= 4 is 5.69 Å². The zero-order valence-electron chi connectivity index (χ0n) is 10.2. The first kappa shape index (κ1) is 10.5. The van der Waals surface area contributed by atoms with Gasteiger partial charge in [-0.3, -0.25) is 0 Å². The van der Waals surface area contributed by atoms with Crippen molar-refractivity contribution in [1.29, 1.82) is 0 Å². The fraction of sp³-hybridized carbons (Fsp3) is 0.571. The first-order valence-corrected chi connectivity index (χ1v) is 5.92. The van der Waals surface area contributed by atoms with Crippen molar-refractivity contribution in [2.24, 2.45) is 11.8 Å². The highest BCUT2D eigenvalue weighted by Crippen LogP contribution is 2.31. The minimum Gasteiger partial charge on any atom is -0.385 e. The number of anilines is 1. The maximum Gasteiger partial charge on any atom is 0.0378 e. The third kappa shape index (κ3) is 2.01. The number of fused-ring (bicyclic) bond motifs is 1. The highest BCUT2D eigenvalue weighted by molar-refractivity contribution is 5.58. The van der Waals surface area contributed by atoms with Gasteiger partial charge in [-0.25, -0.2) is 0 Å². The summed E-state index contributed by atoms with van der Waals surface area (Å²) < 4.78 is 0. The molecule has 0 radical (unpaired) electrons. The van der Waals surface area contributed by atoms with Crippen molar-refractivity contribution in [3.63, 3.8) is 0 Å². The number of hydrogen-bond donors (Lipinski definition) is 1. The first-order valence-electron chi connectivity index (χ1n) is 5.92. The summed E-state index contributed by atoms with van der Waals surface area (Å²) in [6.45, 7) is 10.2. The highest BCUT2D eigenvalue weighted by atomic mass is 14.9. The number of benzene rings is 1. The van der Waals surface area contributed by atoms with Crippen molar-refractivity contribution in [2.75, 3.05) is 11.9 Å². The van der Waals surface area contributed by atoms with Gasteiger partial charge in [0.25, 0.3) is 0 Å². The van der Waals surface area contributed by atoms with Crippen molar-refractivity contribution in [3.8, 4) is 0 Å². The van der Waals surface area contributed by atoms with E-state index in [1.54, 1.807) is 0 Å². The predicted molar refractivity (Wildman–Crippen MR) is 66.4 cm³/mol. The van der Waals surface area contributed by atoms with E-state index < -0.39 is 0 Å². The molecule has 1 nitrogen and oxygen atoms in total. The molecule has 0 bridgehead atoms. The molecule has 15 heavy (non-hydrogen) atoms. The average molecular weight is 203 g/mol. The van der Waals surface area contributed by atoms with Crippen LogP contribution in [0.3, 0.4) is 0 Å². The third-order valence-corrected chi connectivity index (χ3v) is 3.58. The minimum atomic E-state index is 0.770. The summed E-state index contributed by atoms with van der Waals surface area (Å²) in [7, 11) is 0. The van der Waals surface area contributed by atoms with E-state index in [0.29, 0.717) is 0 Å². The summed E-state index contributed by atoms with van der Waals surface area (Å²) >= 11 is 0. The van der Waals surface area contributed by atoms with Gasteiger partial charge in [0.1, 0.15) is 0 Å². The summed E-state index contributed by atoms with van der Waals surface area (Å²) in [5, 5.41) is 3.58. The van der Waals surface area contributed by atoms with E-state index in [1.807, 2.05) is 0 Å². The molecule has 0 amide bonds. The maximum absolute atomic E-state index is 3.58. The van der Waals surface area contributed by atoms with Crippen LogP contribution in [0.4, 0.5) is 5.69 Å².